The van der Waals surface area contributed by atoms with Crippen LogP contribution in [0.3, 0.4) is 0 Å². The van der Waals surface area contributed by atoms with E-state index in [2.05, 4.69) is 0 Å². The molecule has 0 aliphatic carbocycles. The van der Waals surface area contributed by atoms with Crippen molar-refractivity contribution in [2.75, 3.05) is 20.1 Å². The Labute approximate surface area is 234 Å². The van der Waals surface area contributed by atoms with Crippen LogP contribution >= 0.6 is 0 Å². The molecule has 5 rings (SSSR count). The van der Waals surface area contributed by atoms with Crippen LogP contribution in [-0.4, -0.2) is 58.5 Å². The molecular weight excluding hydrogens is 506 g/mol. The number of rotatable bonds is 5. The molecule has 0 saturated carbocycles. The summed E-state index contributed by atoms with van der Waals surface area (Å²) in [5, 5.41) is 0. The molecule has 3 aromatic carbocycles. The topological polar surface area (TPSA) is 79.4 Å². The minimum Gasteiger partial charge on any atom is -0.444 e. The van der Waals surface area contributed by atoms with Crippen molar-refractivity contribution in [3.63, 3.8) is 0 Å². The number of cyclic esters (lactones) is 1. The van der Waals surface area contributed by atoms with Crippen LogP contribution in [0.1, 0.15) is 47.8 Å². The van der Waals surface area contributed by atoms with Crippen LogP contribution < -0.4 is 0 Å². The van der Waals surface area contributed by atoms with E-state index < -0.39 is 23.4 Å². The number of carbonyl (C=O) groups excluding carboxylic acids is 3. The molecule has 1 saturated heterocycles. The van der Waals surface area contributed by atoms with Gasteiger partial charge in [0, 0.05) is 49.6 Å². The zero-order valence-electron chi connectivity index (χ0n) is 23.2. The number of ether oxygens (including phenoxy) is 2. The van der Waals surface area contributed by atoms with Crippen molar-refractivity contribution in [2.45, 2.75) is 38.5 Å². The van der Waals surface area contributed by atoms with E-state index in [9.17, 15) is 14.4 Å². The number of fused-ring (bicyclic) bond motifs is 1. The quantitative estimate of drug-likeness (QED) is 0.413. The van der Waals surface area contributed by atoms with Crippen LogP contribution in [0.2, 0.25) is 0 Å². The minimum absolute atomic E-state index is 0.205. The molecular formula is C32H33N3O5. The highest BCUT2D eigenvalue weighted by Crippen LogP contribution is 2.48. The summed E-state index contributed by atoms with van der Waals surface area (Å²) < 4.78 is 11.6. The van der Waals surface area contributed by atoms with Gasteiger partial charge in [-0.3, -0.25) is 9.69 Å². The van der Waals surface area contributed by atoms with Crippen molar-refractivity contribution < 1.29 is 23.9 Å². The highest BCUT2D eigenvalue weighted by molar-refractivity contribution is 5.95. The van der Waals surface area contributed by atoms with Crippen molar-refractivity contribution in [2.24, 2.45) is 0 Å². The van der Waals surface area contributed by atoms with Crippen molar-refractivity contribution in [1.29, 1.82) is 0 Å². The van der Waals surface area contributed by atoms with Crippen molar-refractivity contribution in [3.05, 3.63) is 119 Å². The maximum atomic E-state index is 13.7. The lowest BCUT2D eigenvalue weighted by molar-refractivity contribution is 0.0285. The number of hydrogen-bond acceptors (Lipinski definition) is 5. The molecule has 206 valence electrons. The lowest BCUT2D eigenvalue weighted by Gasteiger charge is -2.35. The second-order valence-corrected chi connectivity index (χ2v) is 11.0. The Morgan fingerprint density at radius 2 is 1.55 bits per heavy atom. The number of hydrogen-bond donors (Lipinski definition) is 0. The molecule has 0 atom stereocenters. The Morgan fingerprint density at radius 3 is 2.15 bits per heavy atom. The van der Waals surface area contributed by atoms with Crippen molar-refractivity contribution in [3.8, 4) is 0 Å². The van der Waals surface area contributed by atoms with E-state index in [-0.39, 0.29) is 5.91 Å². The van der Waals surface area contributed by atoms with Gasteiger partial charge < -0.3 is 19.3 Å². The first-order valence-electron chi connectivity index (χ1n) is 13.3. The third-order valence-electron chi connectivity index (χ3n) is 6.88. The van der Waals surface area contributed by atoms with Crippen LogP contribution in [0, 0.1) is 0 Å². The molecule has 3 amide bonds. The van der Waals surface area contributed by atoms with Crippen LogP contribution in [0.15, 0.2) is 96.8 Å². The van der Waals surface area contributed by atoms with Gasteiger partial charge in [0.25, 0.3) is 5.91 Å². The van der Waals surface area contributed by atoms with Crippen LogP contribution in [0.4, 0.5) is 9.59 Å². The second kappa shape index (κ2) is 10.5. The Morgan fingerprint density at radius 1 is 0.925 bits per heavy atom. The van der Waals surface area contributed by atoms with E-state index in [1.54, 1.807) is 41.2 Å². The molecule has 0 bridgehead atoms. The van der Waals surface area contributed by atoms with E-state index in [1.165, 1.54) is 4.90 Å². The molecule has 40 heavy (non-hydrogen) atoms. The van der Waals surface area contributed by atoms with E-state index >= 15 is 0 Å². The number of carbonyl (C=O) groups is 3. The number of nitrogens with zero attached hydrogens (tertiary/aromatic N) is 3. The summed E-state index contributed by atoms with van der Waals surface area (Å²) in [5.41, 5.74) is 1.68. The maximum Gasteiger partial charge on any atom is 0.415 e. The van der Waals surface area contributed by atoms with Gasteiger partial charge in [0.2, 0.25) is 5.60 Å². The summed E-state index contributed by atoms with van der Waals surface area (Å²) in [7, 11) is 1.66. The van der Waals surface area contributed by atoms with Gasteiger partial charge in [0.1, 0.15) is 5.60 Å². The van der Waals surface area contributed by atoms with Crippen LogP contribution in [0.25, 0.3) is 0 Å². The molecule has 1 fully saturated rings. The molecule has 0 aromatic heterocycles. The molecule has 0 spiro atoms. The van der Waals surface area contributed by atoms with E-state index in [0.29, 0.717) is 30.9 Å². The SMILES string of the molecule is CN(Cc1cccc(C(=O)N2C=C3N(CC2)C(=O)OC3(c2ccccc2)c2ccccc2)c1)C(=O)OC(C)(C)C. The minimum atomic E-state index is -1.18. The number of benzene rings is 3. The van der Waals surface area contributed by atoms with Gasteiger partial charge in [-0.25, -0.2) is 9.59 Å². The van der Waals surface area contributed by atoms with E-state index in [1.807, 2.05) is 87.5 Å². The summed E-state index contributed by atoms with van der Waals surface area (Å²) in [4.78, 5) is 44.0. The lowest BCUT2D eigenvalue weighted by atomic mass is 9.83. The monoisotopic (exact) mass is 539 g/mol. The fourth-order valence-electron chi connectivity index (χ4n) is 5.05. The van der Waals surface area contributed by atoms with Crippen molar-refractivity contribution >= 4 is 18.1 Å². The zero-order chi connectivity index (χ0) is 28.5. The highest BCUT2D eigenvalue weighted by Gasteiger charge is 2.54. The molecule has 0 N–H and O–H groups in total. The molecule has 0 radical (unpaired) electrons. The second-order valence-electron chi connectivity index (χ2n) is 11.0. The van der Waals surface area contributed by atoms with Crippen LogP contribution in [-0.2, 0) is 21.6 Å². The van der Waals surface area contributed by atoms with Gasteiger partial charge in [-0.2, -0.15) is 0 Å². The first kappa shape index (κ1) is 27.0. The Bertz CT molecular complexity index is 1410. The van der Waals surface area contributed by atoms with Gasteiger partial charge >= 0.3 is 12.2 Å². The average Bonchev–Trinajstić information content (AvgIpc) is 3.25. The number of amides is 3. The summed E-state index contributed by atoms with van der Waals surface area (Å²) in [6.07, 6.45) is 0.850. The highest BCUT2D eigenvalue weighted by atomic mass is 16.6. The summed E-state index contributed by atoms with van der Waals surface area (Å²) in [6.45, 7) is 6.37. The smallest absolute Gasteiger partial charge is 0.415 e. The van der Waals surface area contributed by atoms with Crippen LogP contribution in [0.5, 0.6) is 0 Å². The van der Waals surface area contributed by atoms with E-state index in [0.717, 1.165) is 16.7 Å². The Kier molecular flexibility index (Phi) is 7.10. The van der Waals surface area contributed by atoms with Gasteiger partial charge in [0.15, 0.2) is 0 Å². The maximum absolute atomic E-state index is 13.7. The molecule has 8 heteroatoms. The average molecular weight is 540 g/mol. The molecule has 0 unspecified atom stereocenters. The third-order valence-corrected chi connectivity index (χ3v) is 6.88. The molecule has 8 nitrogen and oxygen atoms in total. The molecule has 2 heterocycles. The largest absolute Gasteiger partial charge is 0.444 e. The van der Waals surface area contributed by atoms with E-state index in [4.69, 9.17) is 9.47 Å². The van der Waals surface area contributed by atoms with Gasteiger partial charge in [-0.05, 0) is 38.5 Å². The molecule has 3 aromatic rings. The summed E-state index contributed by atoms with van der Waals surface area (Å²) in [5.74, 6) is -0.205. The fraction of sp³-hybridized carbons (Fsp3) is 0.281. The standard InChI is InChI=1S/C32H33N3O5/c1-31(2,3)39-29(37)33(4)21-23-12-11-13-24(20-23)28(36)34-18-19-35-27(22-34)32(40-30(35)38,25-14-7-5-8-15-25)26-16-9-6-10-17-26/h5-17,20,22H,18-19,21H2,1-4H3. The molecule has 2 aliphatic rings. The normalized spacial score (nSPS) is 16.1. The van der Waals surface area contributed by atoms with Crippen molar-refractivity contribution in [1.82, 2.24) is 14.7 Å². The zero-order valence-corrected chi connectivity index (χ0v) is 23.2. The predicted molar refractivity (Wildman–Crippen MR) is 150 cm³/mol. The Hall–Kier alpha value is -4.59. The van der Waals surface area contributed by atoms with Gasteiger partial charge in [0.05, 0.1) is 5.70 Å². The third kappa shape index (κ3) is 5.17. The lowest BCUT2D eigenvalue weighted by Crippen LogP contribution is -2.43. The predicted octanol–water partition coefficient (Wildman–Crippen LogP) is 5.75. The summed E-state index contributed by atoms with van der Waals surface area (Å²) in [6, 6.07) is 26.4. The fourth-order valence-corrected chi connectivity index (χ4v) is 5.05. The van der Waals surface area contributed by atoms with Gasteiger partial charge in [-0.15, -0.1) is 0 Å². The van der Waals surface area contributed by atoms with Gasteiger partial charge in [-0.1, -0.05) is 72.8 Å². The summed E-state index contributed by atoms with van der Waals surface area (Å²) >= 11 is 0. The Balaban J connectivity index is 1.46. The molecule has 2 aliphatic heterocycles. The first-order chi connectivity index (χ1) is 19.1. The first-order valence-corrected chi connectivity index (χ1v) is 13.3.